The van der Waals surface area contributed by atoms with Crippen molar-refractivity contribution in [3.05, 3.63) is 34.8 Å². The van der Waals surface area contributed by atoms with E-state index in [1.54, 1.807) is 6.07 Å². The average molecular weight is 523 g/mol. The van der Waals surface area contributed by atoms with Crippen LogP contribution in [0.4, 0.5) is 15.6 Å². The maximum atomic E-state index is 13.1. The minimum absolute atomic E-state index is 0.257. The monoisotopic (exact) mass is 522 g/mol. The summed E-state index contributed by atoms with van der Waals surface area (Å²) in [4.78, 5) is 19.2. The largest absolute Gasteiger partial charge is 0.491 e. The fourth-order valence-corrected chi connectivity index (χ4v) is 5.79. The topological polar surface area (TPSA) is 155 Å². The van der Waals surface area contributed by atoms with E-state index in [9.17, 15) is 13.2 Å². The van der Waals surface area contributed by atoms with Gasteiger partial charge in [0.05, 0.1) is 12.3 Å². The molecule has 14 heteroatoms. The molecular formula is C21H30N8O4S2. The Morgan fingerprint density at radius 2 is 2.03 bits per heavy atom. The fraction of sp³-hybridized carbons (Fsp3) is 0.476. The SMILES string of the molecule is Cc1ccc(NC(=O)Nc2ncc(C(CCN(C)C)S(=O)(=O)c3nn[nH]n3)s2)c(OCC(C)C)c1. The highest BCUT2D eigenvalue weighted by Crippen LogP contribution is 2.35. The first-order valence-corrected chi connectivity index (χ1v) is 13.3. The zero-order valence-corrected chi connectivity index (χ0v) is 21.9. The second-order valence-corrected chi connectivity index (χ2v) is 11.8. The number of nitrogens with zero attached hydrogens (tertiary/aromatic N) is 5. The Bertz CT molecular complexity index is 1230. The van der Waals surface area contributed by atoms with Gasteiger partial charge >= 0.3 is 6.03 Å². The second kappa shape index (κ2) is 11.6. The van der Waals surface area contributed by atoms with E-state index in [0.717, 1.165) is 16.9 Å². The molecule has 2 heterocycles. The van der Waals surface area contributed by atoms with Crippen LogP contribution >= 0.6 is 11.3 Å². The van der Waals surface area contributed by atoms with E-state index in [1.807, 2.05) is 51.9 Å². The van der Waals surface area contributed by atoms with Crippen LogP contribution in [0.25, 0.3) is 0 Å². The summed E-state index contributed by atoms with van der Waals surface area (Å²) in [6, 6.07) is 4.98. The smallest absolute Gasteiger partial charge is 0.325 e. The quantitative estimate of drug-likeness (QED) is 0.344. The molecule has 0 fully saturated rings. The van der Waals surface area contributed by atoms with Crippen molar-refractivity contribution in [2.75, 3.05) is 37.9 Å². The molecule has 35 heavy (non-hydrogen) atoms. The number of aromatic nitrogens is 5. The normalized spacial score (nSPS) is 12.7. The standard InChI is InChI=1S/C21H30N8O4S2/c1-13(2)12-33-16-10-14(3)6-7-15(16)23-19(30)24-20-22-11-17(34-20)18(8-9-29(4)5)35(31,32)21-25-27-28-26-21/h6-7,10-11,13,18H,8-9,12H2,1-5H3,(H2,22,23,24,30)(H,25,26,27,28). The lowest BCUT2D eigenvalue weighted by atomic mass is 10.2. The molecule has 3 N–H and O–H groups in total. The van der Waals surface area contributed by atoms with Crippen LogP contribution in [0.3, 0.4) is 0 Å². The van der Waals surface area contributed by atoms with E-state index in [1.165, 1.54) is 6.20 Å². The molecule has 1 unspecified atom stereocenters. The molecule has 3 aromatic rings. The van der Waals surface area contributed by atoms with E-state index < -0.39 is 21.1 Å². The first kappa shape index (κ1) is 26.5. The van der Waals surface area contributed by atoms with Gasteiger partial charge in [-0.3, -0.25) is 5.32 Å². The summed E-state index contributed by atoms with van der Waals surface area (Å²) in [6.07, 6.45) is 1.74. The van der Waals surface area contributed by atoms with Crippen molar-refractivity contribution < 1.29 is 17.9 Å². The summed E-state index contributed by atoms with van der Waals surface area (Å²) in [5.74, 6) is 0.902. The van der Waals surface area contributed by atoms with Gasteiger partial charge in [-0.25, -0.2) is 18.2 Å². The van der Waals surface area contributed by atoms with Crippen LogP contribution in [0.2, 0.25) is 0 Å². The molecule has 1 aromatic carbocycles. The number of aromatic amines is 1. The number of hydrogen-bond acceptors (Lipinski definition) is 10. The number of ether oxygens (including phenoxy) is 1. The van der Waals surface area contributed by atoms with Crippen molar-refractivity contribution in [1.82, 2.24) is 30.5 Å². The van der Waals surface area contributed by atoms with Crippen molar-refractivity contribution in [2.45, 2.75) is 37.6 Å². The lowest BCUT2D eigenvalue weighted by Gasteiger charge is -2.16. The van der Waals surface area contributed by atoms with Gasteiger partial charge in [-0.1, -0.05) is 25.0 Å². The van der Waals surface area contributed by atoms with Crippen molar-refractivity contribution in [3.63, 3.8) is 0 Å². The predicted molar refractivity (Wildman–Crippen MR) is 134 cm³/mol. The highest BCUT2D eigenvalue weighted by Gasteiger charge is 2.34. The van der Waals surface area contributed by atoms with Crippen LogP contribution in [-0.4, -0.2) is 72.2 Å². The van der Waals surface area contributed by atoms with Gasteiger partial charge in [-0.15, -0.1) is 16.4 Å². The van der Waals surface area contributed by atoms with Gasteiger partial charge in [0.2, 0.25) is 9.84 Å². The van der Waals surface area contributed by atoms with Crippen LogP contribution in [0.15, 0.2) is 29.6 Å². The third-order valence-electron chi connectivity index (χ3n) is 4.81. The Kier molecular flexibility index (Phi) is 8.75. The molecule has 0 saturated heterocycles. The van der Waals surface area contributed by atoms with Gasteiger partial charge in [0.25, 0.3) is 5.16 Å². The first-order valence-electron chi connectivity index (χ1n) is 11.0. The Morgan fingerprint density at radius 3 is 2.69 bits per heavy atom. The Morgan fingerprint density at radius 1 is 1.26 bits per heavy atom. The summed E-state index contributed by atoms with van der Waals surface area (Å²) < 4.78 is 32.1. The van der Waals surface area contributed by atoms with Crippen LogP contribution in [0, 0.1) is 12.8 Å². The molecule has 1 atom stereocenters. The number of hydrogen-bond donors (Lipinski definition) is 3. The van der Waals surface area contributed by atoms with Crippen LogP contribution in [-0.2, 0) is 9.84 Å². The molecule has 0 radical (unpaired) electrons. The van der Waals surface area contributed by atoms with Crippen LogP contribution in [0.5, 0.6) is 5.75 Å². The van der Waals surface area contributed by atoms with Gasteiger partial charge in [-0.2, -0.15) is 5.21 Å². The molecule has 12 nitrogen and oxygen atoms in total. The molecule has 190 valence electrons. The van der Waals surface area contributed by atoms with Crippen LogP contribution < -0.4 is 15.4 Å². The van der Waals surface area contributed by atoms with Gasteiger partial charge < -0.3 is 15.0 Å². The Balaban J connectivity index is 1.75. The first-order chi connectivity index (χ1) is 16.6. The lowest BCUT2D eigenvalue weighted by Crippen LogP contribution is -2.21. The Hall–Kier alpha value is -3.10. The fourth-order valence-electron chi connectivity index (χ4n) is 3.08. The number of anilines is 2. The number of tetrazole rings is 1. The minimum Gasteiger partial charge on any atom is -0.491 e. The summed E-state index contributed by atoms with van der Waals surface area (Å²) >= 11 is 1.08. The number of urea groups is 1. The van der Waals surface area contributed by atoms with Crippen molar-refractivity contribution in [2.24, 2.45) is 5.92 Å². The number of benzene rings is 1. The third-order valence-corrected chi connectivity index (χ3v) is 7.91. The molecular weight excluding hydrogens is 492 g/mol. The molecule has 0 bridgehead atoms. The van der Waals surface area contributed by atoms with Gasteiger partial charge in [-0.05, 0) is 62.8 Å². The molecule has 2 amide bonds. The van der Waals surface area contributed by atoms with E-state index in [4.69, 9.17) is 4.74 Å². The predicted octanol–water partition coefficient (Wildman–Crippen LogP) is 3.11. The Labute approximate surface area is 208 Å². The number of H-pyrrole nitrogens is 1. The summed E-state index contributed by atoms with van der Waals surface area (Å²) in [6.45, 7) is 7.05. The number of amides is 2. The maximum Gasteiger partial charge on any atom is 0.325 e. The minimum atomic E-state index is -3.91. The zero-order valence-electron chi connectivity index (χ0n) is 20.3. The van der Waals surface area contributed by atoms with Gasteiger partial charge in [0, 0.05) is 11.1 Å². The van der Waals surface area contributed by atoms with E-state index in [-0.39, 0.29) is 16.7 Å². The van der Waals surface area contributed by atoms with Crippen molar-refractivity contribution >= 4 is 38.0 Å². The summed E-state index contributed by atoms with van der Waals surface area (Å²) in [5.41, 5.74) is 1.53. The molecule has 0 aliphatic carbocycles. The molecule has 2 aromatic heterocycles. The molecule has 0 spiro atoms. The molecule has 0 aliphatic heterocycles. The number of carbonyl (C=O) groups is 1. The maximum absolute atomic E-state index is 13.1. The van der Waals surface area contributed by atoms with Crippen molar-refractivity contribution in [1.29, 1.82) is 0 Å². The summed E-state index contributed by atoms with van der Waals surface area (Å²) in [7, 11) is -0.204. The highest BCUT2D eigenvalue weighted by molar-refractivity contribution is 7.91. The summed E-state index contributed by atoms with van der Waals surface area (Å²) in [5, 5.41) is 17.2. The second-order valence-electron chi connectivity index (χ2n) is 8.67. The molecule has 3 rings (SSSR count). The number of carbonyl (C=O) groups excluding carboxylic acids is 1. The lowest BCUT2D eigenvalue weighted by molar-refractivity contribution is 0.260. The zero-order chi connectivity index (χ0) is 25.6. The van der Waals surface area contributed by atoms with E-state index in [2.05, 4.69) is 36.2 Å². The third kappa shape index (κ3) is 7.19. The highest BCUT2D eigenvalue weighted by atomic mass is 32.2. The van der Waals surface area contributed by atoms with E-state index in [0.29, 0.717) is 35.4 Å². The van der Waals surface area contributed by atoms with E-state index >= 15 is 0 Å². The number of rotatable bonds is 11. The van der Waals surface area contributed by atoms with Crippen molar-refractivity contribution in [3.8, 4) is 5.75 Å². The van der Waals surface area contributed by atoms with Gasteiger partial charge in [0.15, 0.2) is 5.13 Å². The number of sulfone groups is 1. The van der Waals surface area contributed by atoms with Crippen LogP contribution in [0.1, 0.15) is 36.0 Å². The molecule has 0 saturated carbocycles. The van der Waals surface area contributed by atoms with Gasteiger partial charge in [0.1, 0.15) is 11.0 Å². The number of aryl methyl sites for hydroxylation is 1. The average Bonchev–Trinajstić information content (AvgIpc) is 3.46. The number of thiazole rings is 1. The molecule has 0 aliphatic rings. The number of nitrogens with one attached hydrogen (secondary N) is 3.